The minimum absolute atomic E-state index is 0.00288. The summed E-state index contributed by atoms with van der Waals surface area (Å²) in [5.74, 6) is -0.114. The number of imidazole rings is 1. The molecule has 3 aromatic heterocycles. The van der Waals surface area contributed by atoms with E-state index in [4.69, 9.17) is 9.72 Å². The number of ether oxygens (including phenoxy) is 1. The van der Waals surface area contributed by atoms with Gasteiger partial charge in [0.15, 0.2) is 0 Å². The number of anilines is 1. The molecule has 0 saturated carbocycles. The summed E-state index contributed by atoms with van der Waals surface area (Å²) >= 11 is 0. The first kappa shape index (κ1) is 24.5. The van der Waals surface area contributed by atoms with E-state index in [9.17, 15) is 4.79 Å². The van der Waals surface area contributed by atoms with Crippen LogP contribution in [0.25, 0.3) is 33.5 Å². The van der Waals surface area contributed by atoms with Gasteiger partial charge in [-0.15, -0.1) is 0 Å². The van der Waals surface area contributed by atoms with Gasteiger partial charge in [-0.1, -0.05) is 12.1 Å². The minimum atomic E-state index is -0.114. The Morgan fingerprint density at radius 1 is 1.16 bits per heavy atom. The molecule has 0 radical (unpaired) electrons. The van der Waals surface area contributed by atoms with Gasteiger partial charge in [0, 0.05) is 48.9 Å². The van der Waals surface area contributed by atoms with Crippen molar-refractivity contribution in [2.75, 3.05) is 44.7 Å². The Labute approximate surface area is 222 Å². The number of H-pyrrole nitrogens is 1. The Kier molecular flexibility index (Phi) is 6.78. The lowest BCUT2D eigenvalue weighted by atomic mass is 10.0. The fourth-order valence-corrected chi connectivity index (χ4v) is 5.39. The van der Waals surface area contributed by atoms with E-state index in [-0.39, 0.29) is 18.1 Å². The number of nitrogens with zero attached hydrogens (tertiary/aromatic N) is 5. The number of fused-ring (bicyclic) bond motifs is 1. The first-order valence-corrected chi connectivity index (χ1v) is 13.3. The molecule has 1 unspecified atom stereocenters. The van der Waals surface area contributed by atoms with Crippen LogP contribution >= 0.6 is 0 Å². The minimum Gasteiger partial charge on any atom is -0.461 e. The number of hydrogen-bond acceptors (Lipinski definition) is 8. The standard InChI is InChI=1S/C29H33N7O2/c1-19-4-3-5-26(34-19)29-28(32-18-33-29)20-6-7-25-21(12-20)13-22(15-31-25)36-11-10-35(2)23(17-36)14-27(37)38-24-8-9-30-16-24/h3-7,12-13,15,18,23-24,30H,8-11,14,16-17H2,1-2H3,(H,32,33)/t23?,24-/m1/s1. The molecule has 1 aromatic carbocycles. The molecule has 0 aliphatic carbocycles. The maximum Gasteiger partial charge on any atom is 0.307 e. The molecule has 2 aliphatic heterocycles. The molecule has 2 atom stereocenters. The number of likely N-dealkylation sites (N-methyl/N-ethyl adjacent to an activating group) is 1. The van der Waals surface area contributed by atoms with Crippen LogP contribution in [0.4, 0.5) is 5.69 Å². The molecule has 196 valence electrons. The number of aromatic amines is 1. The molecule has 6 rings (SSSR count). The summed E-state index contributed by atoms with van der Waals surface area (Å²) < 4.78 is 5.69. The average molecular weight is 512 g/mol. The van der Waals surface area contributed by atoms with Crippen LogP contribution in [0.3, 0.4) is 0 Å². The van der Waals surface area contributed by atoms with E-state index in [1.165, 1.54) is 0 Å². The van der Waals surface area contributed by atoms with Crippen molar-refractivity contribution in [2.45, 2.75) is 31.9 Å². The van der Waals surface area contributed by atoms with Crippen molar-refractivity contribution in [3.05, 3.63) is 60.7 Å². The molecule has 2 aliphatic rings. The lowest BCUT2D eigenvalue weighted by molar-refractivity contribution is -0.149. The third-order valence-electron chi connectivity index (χ3n) is 7.58. The number of aromatic nitrogens is 4. The third-order valence-corrected chi connectivity index (χ3v) is 7.58. The number of carbonyl (C=O) groups excluding carboxylic acids is 1. The van der Waals surface area contributed by atoms with E-state index in [1.807, 2.05) is 37.4 Å². The quantitative estimate of drug-likeness (QED) is 0.380. The van der Waals surface area contributed by atoms with Gasteiger partial charge < -0.3 is 19.9 Å². The zero-order valence-corrected chi connectivity index (χ0v) is 21.9. The molecular weight excluding hydrogens is 478 g/mol. The number of pyridine rings is 2. The van der Waals surface area contributed by atoms with Crippen molar-refractivity contribution < 1.29 is 9.53 Å². The van der Waals surface area contributed by atoms with Gasteiger partial charge in [0.1, 0.15) is 6.10 Å². The number of rotatable bonds is 6. The molecule has 38 heavy (non-hydrogen) atoms. The van der Waals surface area contributed by atoms with Gasteiger partial charge in [-0.25, -0.2) is 4.98 Å². The highest BCUT2D eigenvalue weighted by molar-refractivity contribution is 5.88. The molecule has 5 heterocycles. The number of esters is 1. The Bertz CT molecular complexity index is 1450. The van der Waals surface area contributed by atoms with Gasteiger partial charge in [0.05, 0.1) is 47.2 Å². The highest BCUT2D eigenvalue weighted by Gasteiger charge is 2.29. The topological polar surface area (TPSA) is 99.3 Å². The van der Waals surface area contributed by atoms with E-state index in [0.29, 0.717) is 6.42 Å². The fourth-order valence-electron chi connectivity index (χ4n) is 5.39. The van der Waals surface area contributed by atoms with Crippen molar-refractivity contribution in [3.63, 3.8) is 0 Å². The van der Waals surface area contributed by atoms with E-state index >= 15 is 0 Å². The molecule has 2 N–H and O–H groups in total. The van der Waals surface area contributed by atoms with E-state index in [0.717, 1.165) is 84.1 Å². The van der Waals surface area contributed by atoms with Gasteiger partial charge >= 0.3 is 5.97 Å². The van der Waals surface area contributed by atoms with Crippen molar-refractivity contribution in [1.82, 2.24) is 30.2 Å². The SMILES string of the molecule is Cc1cccc(-c2[nH]cnc2-c2ccc3ncc(N4CCN(C)C(CC(=O)O[C@@H]5CCNC5)C4)cc3c2)n1. The number of nitrogens with one attached hydrogen (secondary N) is 2. The van der Waals surface area contributed by atoms with Crippen LogP contribution in [-0.2, 0) is 9.53 Å². The largest absolute Gasteiger partial charge is 0.461 e. The summed E-state index contributed by atoms with van der Waals surface area (Å²) in [6.07, 6.45) is 4.94. The molecule has 9 heteroatoms. The van der Waals surface area contributed by atoms with Crippen molar-refractivity contribution >= 4 is 22.6 Å². The molecule has 0 bridgehead atoms. The van der Waals surface area contributed by atoms with E-state index in [2.05, 4.69) is 55.3 Å². The number of hydrogen-bond donors (Lipinski definition) is 2. The number of carbonyl (C=O) groups is 1. The predicted molar refractivity (Wildman–Crippen MR) is 148 cm³/mol. The number of piperazine rings is 1. The zero-order chi connectivity index (χ0) is 26.1. The molecule has 0 spiro atoms. The lowest BCUT2D eigenvalue weighted by Crippen LogP contribution is -2.52. The van der Waals surface area contributed by atoms with E-state index < -0.39 is 0 Å². The van der Waals surface area contributed by atoms with Crippen LogP contribution < -0.4 is 10.2 Å². The smallest absolute Gasteiger partial charge is 0.307 e. The lowest BCUT2D eigenvalue weighted by Gasteiger charge is -2.40. The average Bonchev–Trinajstić information content (AvgIpc) is 3.62. The highest BCUT2D eigenvalue weighted by atomic mass is 16.5. The van der Waals surface area contributed by atoms with E-state index in [1.54, 1.807) is 6.33 Å². The molecule has 0 amide bonds. The summed E-state index contributed by atoms with van der Waals surface area (Å²) in [4.78, 5) is 34.5. The second-order valence-corrected chi connectivity index (χ2v) is 10.3. The van der Waals surface area contributed by atoms with Crippen LogP contribution in [0, 0.1) is 6.92 Å². The Hall–Kier alpha value is -3.82. The Morgan fingerprint density at radius 2 is 2.08 bits per heavy atom. The predicted octanol–water partition coefficient (Wildman–Crippen LogP) is 3.41. The molecule has 9 nitrogen and oxygen atoms in total. The van der Waals surface area contributed by atoms with Crippen LogP contribution in [0.1, 0.15) is 18.5 Å². The monoisotopic (exact) mass is 511 g/mol. The van der Waals surface area contributed by atoms with Crippen LogP contribution in [0.2, 0.25) is 0 Å². The number of aryl methyl sites for hydroxylation is 1. The normalized spacial score (nSPS) is 20.2. The summed E-state index contributed by atoms with van der Waals surface area (Å²) in [7, 11) is 2.09. The second-order valence-electron chi connectivity index (χ2n) is 10.3. The third kappa shape index (κ3) is 5.12. The van der Waals surface area contributed by atoms with Gasteiger partial charge in [-0.05, 0) is 57.3 Å². The van der Waals surface area contributed by atoms with Gasteiger partial charge in [-0.3, -0.25) is 19.7 Å². The van der Waals surface area contributed by atoms with Gasteiger partial charge in [0.25, 0.3) is 0 Å². The summed E-state index contributed by atoms with van der Waals surface area (Å²) in [5.41, 5.74) is 6.61. The molecule has 2 saturated heterocycles. The van der Waals surface area contributed by atoms with Crippen molar-refractivity contribution in [2.24, 2.45) is 0 Å². The van der Waals surface area contributed by atoms with Gasteiger partial charge in [-0.2, -0.15) is 0 Å². The van der Waals surface area contributed by atoms with Crippen LogP contribution in [0.15, 0.2) is 55.0 Å². The maximum atomic E-state index is 12.6. The summed E-state index contributed by atoms with van der Waals surface area (Å²) in [5, 5.41) is 4.30. The van der Waals surface area contributed by atoms with Gasteiger partial charge in [0.2, 0.25) is 0 Å². The maximum absolute atomic E-state index is 12.6. The molecule has 4 aromatic rings. The Morgan fingerprint density at radius 3 is 2.92 bits per heavy atom. The summed E-state index contributed by atoms with van der Waals surface area (Å²) in [6.45, 7) is 6.16. The zero-order valence-electron chi connectivity index (χ0n) is 21.9. The molecule has 2 fully saturated rings. The molecular formula is C29H33N7O2. The van der Waals surface area contributed by atoms with Crippen LogP contribution in [0.5, 0.6) is 0 Å². The van der Waals surface area contributed by atoms with Crippen molar-refractivity contribution in [1.29, 1.82) is 0 Å². The second kappa shape index (κ2) is 10.5. The van der Waals surface area contributed by atoms with Crippen molar-refractivity contribution in [3.8, 4) is 22.6 Å². The van der Waals surface area contributed by atoms with Crippen LogP contribution in [-0.4, -0.2) is 82.7 Å². The highest BCUT2D eigenvalue weighted by Crippen LogP contribution is 2.31. The Balaban J connectivity index is 1.22. The fraction of sp³-hybridized carbons (Fsp3) is 0.379. The first-order chi connectivity index (χ1) is 18.5. The number of benzene rings is 1. The summed E-state index contributed by atoms with van der Waals surface area (Å²) in [6, 6.07) is 14.5. The first-order valence-electron chi connectivity index (χ1n) is 13.3.